The van der Waals surface area contributed by atoms with Crippen LogP contribution in [0.25, 0.3) is 0 Å². The fraction of sp³-hybridized carbons (Fsp3) is 0.684. The summed E-state index contributed by atoms with van der Waals surface area (Å²) in [6.45, 7) is 13.3. The first-order valence-electron chi connectivity index (χ1n) is 8.79. The molecule has 4 aliphatic rings. The van der Waals surface area contributed by atoms with Gasteiger partial charge in [-0.2, -0.15) is 0 Å². The van der Waals surface area contributed by atoms with Crippen LogP contribution < -0.4 is 11.4 Å². The van der Waals surface area contributed by atoms with Crippen LogP contribution >= 0.6 is 0 Å². The minimum absolute atomic E-state index is 0.0248. The van der Waals surface area contributed by atoms with Crippen molar-refractivity contribution in [3.05, 3.63) is 44.3 Å². The zero-order valence-electron chi connectivity index (χ0n) is 15.6. The average molecular weight is 329 g/mol. The molecule has 0 saturated heterocycles. The normalized spacial score (nSPS) is 31.1. The Morgan fingerprint density at radius 3 is 1.92 bits per heavy atom. The topological polar surface area (TPSA) is 48.9 Å². The molecule has 0 spiro atoms. The number of rotatable bonds is 0. The van der Waals surface area contributed by atoms with Crippen molar-refractivity contribution >= 4 is 0 Å². The average Bonchev–Trinajstić information content (AvgIpc) is 2.62. The molecule has 0 fully saturated rings. The summed E-state index contributed by atoms with van der Waals surface area (Å²) < 4.78 is 4.69. The third kappa shape index (κ3) is 1.70. The summed E-state index contributed by atoms with van der Waals surface area (Å²) in [5.41, 5.74) is 2.38. The summed E-state index contributed by atoms with van der Waals surface area (Å²) in [4.78, 5) is 25.4. The molecule has 0 aromatic carbocycles. The molecular weight excluding hydrogens is 302 g/mol. The minimum atomic E-state index is -0.199. The van der Waals surface area contributed by atoms with Gasteiger partial charge in [-0.25, -0.2) is 23.5 Å². The van der Waals surface area contributed by atoms with Crippen molar-refractivity contribution in [1.29, 1.82) is 0 Å². The Morgan fingerprint density at radius 1 is 0.833 bits per heavy atom. The standard InChI is InChI=1S/C19H27N3O2/c1-18(2,3)11-8-10-13-9-12(19(4,5)6)15(14(10)11)22-17(24)20(7)16(23)21(13)22/h8-10,13-15H,1-7H3. The van der Waals surface area contributed by atoms with Crippen LogP contribution in [0.5, 0.6) is 0 Å². The number of aromatic nitrogens is 3. The van der Waals surface area contributed by atoms with Crippen LogP contribution in [0.4, 0.5) is 0 Å². The predicted octanol–water partition coefficient (Wildman–Crippen LogP) is 2.65. The van der Waals surface area contributed by atoms with Crippen molar-refractivity contribution < 1.29 is 0 Å². The van der Waals surface area contributed by atoms with Crippen molar-refractivity contribution in [2.24, 2.45) is 29.7 Å². The van der Waals surface area contributed by atoms with E-state index < -0.39 is 0 Å². The van der Waals surface area contributed by atoms with Gasteiger partial charge in [0.1, 0.15) is 0 Å². The van der Waals surface area contributed by atoms with E-state index in [-0.39, 0.29) is 34.3 Å². The highest BCUT2D eigenvalue weighted by Crippen LogP contribution is 2.61. The Labute approximate surface area is 142 Å². The molecule has 130 valence electrons. The van der Waals surface area contributed by atoms with Gasteiger partial charge in [0, 0.05) is 18.9 Å². The molecule has 0 saturated carbocycles. The monoisotopic (exact) mass is 329 g/mol. The second kappa shape index (κ2) is 4.24. The predicted molar refractivity (Wildman–Crippen MR) is 94.1 cm³/mol. The molecule has 0 amide bonds. The largest absolute Gasteiger partial charge is 0.347 e. The molecule has 2 aliphatic carbocycles. The smallest absolute Gasteiger partial charge is 0.246 e. The lowest BCUT2D eigenvalue weighted by Crippen LogP contribution is -2.56. The molecule has 1 aromatic rings. The SMILES string of the molecule is Cn1c(=O)n2n(c1=O)C1C(C(C)(C)C)=CC2C2C=C(C(C)(C)C)C21. The van der Waals surface area contributed by atoms with E-state index >= 15 is 0 Å². The van der Waals surface area contributed by atoms with Crippen molar-refractivity contribution in [2.45, 2.75) is 53.6 Å². The molecule has 5 rings (SSSR count). The van der Waals surface area contributed by atoms with Crippen LogP contribution in [0.2, 0.25) is 0 Å². The maximum absolute atomic E-state index is 12.8. The molecule has 0 radical (unpaired) electrons. The molecule has 3 heterocycles. The maximum Gasteiger partial charge on any atom is 0.347 e. The van der Waals surface area contributed by atoms with Gasteiger partial charge in [-0.1, -0.05) is 59.3 Å². The van der Waals surface area contributed by atoms with Crippen LogP contribution in [0.1, 0.15) is 53.6 Å². The molecule has 4 atom stereocenters. The van der Waals surface area contributed by atoms with E-state index in [0.717, 1.165) is 0 Å². The molecule has 5 heteroatoms. The molecule has 1 aromatic heterocycles. The molecule has 4 unspecified atom stereocenters. The molecule has 0 N–H and O–H groups in total. The zero-order chi connectivity index (χ0) is 17.8. The summed E-state index contributed by atoms with van der Waals surface area (Å²) in [5.74, 6) is 0.656. The lowest BCUT2D eigenvalue weighted by Gasteiger charge is -2.57. The third-order valence-corrected chi connectivity index (χ3v) is 6.03. The van der Waals surface area contributed by atoms with E-state index in [0.29, 0.717) is 11.8 Å². The van der Waals surface area contributed by atoms with E-state index in [4.69, 9.17) is 0 Å². The highest BCUT2D eigenvalue weighted by atomic mass is 16.2. The van der Waals surface area contributed by atoms with Crippen molar-refractivity contribution in [1.82, 2.24) is 13.9 Å². The Bertz CT molecular complexity index is 908. The second-order valence-corrected chi connectivity index (χ2v) is 9.60. The first kappa shape index (κ1) is 15.7. The van der Waals surface area contributed by atoms with Gasteiger partial charge in [0.05, 0.1) is 12.1 Å². The molecule has 24 heavy (non-hydrogen) atoms. The molecular formula is C19H27N3O2. The van der Waals surface area contributed by atoms with Crippen molar-refractivity contribution in [3.63, 3.8) is 0 Å². The maximum atomic E-state index is 12.8. The lowest BCUT2D eigenvalue weighted by molar-refractivity contribution is 0.0840. The summed E-state index contributed by atoms with van der Waals surface area (Å²) in [7, 11) is 1.58. The highest BCUT2D eigenvalue weighted by Gasteiger charge is 2.57. The van der Waals surface area contributed by atoms with Crippen LogP contribution in [0.15, 0.2) is 32.9 Å². The van der Waals surface area contributed by atoms with Crippen LogP contribution in [-0.2, 0) is 7.05 Å². The summed E-state index contributed by atoms with van der Waals surface area (Å²) >= 11 is 0. The highest BCUT2D eigenvalue weighted by molar-refractivity contribution is 5.41. The van der Waals surface area contributed by atoms with Gasteiger partial charge in [-0.15, -0.1) is 0 Å². The van der Waals surface area contributed by atoms with E-state index in [2.05, 4.69) is 53.7 Å². The number of hydrogen-bond donors (Lipinski definition) is 0. The number of nitrogens with zero attached hydrogens (tertiary/aromatic N) is 3. The van der Waals surface area contributed by atoms with Gasteiger partial charge in [0.15, 0.2) is 0 Å². The fourth-order valence-corrected chi connectivity index (χ4v) is 4.85. The van der Waals surface area contributed by atoms with Crippen molar-refractivity contribution in [3.8, 4) is 0 Å². The number of hydrogen-bond acceptors (Lipinski definition) is 2. The lowest BCUT2D eigenvalue weighted by atomic mass is 9.54. The van der Waals surface area contributed by atoms with E-state index in [1.165, 1.54) is 15.7 Å². The summed E-state index contributed by atoms with van der Waals surface area (Å²) in [6.07, 6.45) is 4.59. The Hall–Kier alpha value is -1.78. The Morgan fingerprint density at radius 2 is 1.38 bits per heavy atom. The van der Waals surface area contributed by atoms with Crippen LogP contribution in [-0.4, -0.2) is 13.9 Å². The fourth-order valence-electron chi connectivity index (χ4n) is 4.85. The minimum Gasteiger partial charge on any atom is -0.246 e. The number of allylic oxidation sites excluding steroid dienone is 4. The summed E-state index contributed by atoms with van der Waals surface area (Å²) in [5, 5.41) is 0. The third-order valence-electron chi connectivity index (χ3n) is 6.03. The molecule has 2 aliphatic heterocycles. The van der Waals surface area contributed by atoms with Crippen LogP contribution in [0, 0.1) is 22.7 Å². The van der Waals surface area contributed by atoms with E-state index in [1.54, 1.807) is 16.4 Å². The molecule has 5 nitrogen and oxygen atoms in total. The van der Waals surface area contributed by atoms with Crippen LogP contribution in [0.3, 0.4) is 0 Å². The zero-order valence-corrected chi connectivity index (χ0v) is 15.6. The van der Waals surface area contributed by atoms with Gasteiger partial charge in [0.2, 0.25) is 0 Å². The van der Waals surface area contributed by atoms with Gasteiger partial charge < -0.3 is 0 Å². The quantitative estimate of drug-likeness (QED) is 0.687. The molecule has 2 bridgehead atoms. The second-order valence-electron chi connectivity index (χ2n) is 9.60. The Kier molecular flexibility index (Phi) is 2.78. The van der Waals surface area contributed by atoms with Gasteiger partial charge in [-0.05, 0) is 16.4 Å². The van der Waals surface area contributed by atoms with E-state index in [1.807, 2.05) is 0 Å². The van der Waals surface area contributed by atoms with Gasteiger partial charge in [0.25, 0.3) is 0 Å². The first-order chi connectivity index (χ1) is 10.9. The van der Waals surface area contributed by atoms with Gasteiger partial charge >= 0.3 is 11.4 Å². The Balaban J connectivity index is 1.99. The summed E-state index contributed by atoms with van der Waals surface area (Å²) in [6, 6.07) is -0.0812. The first-order valence-corrected chi connectivity index (χ1v) is 8.79. The van der Waals surface area contributed by atoms with E-state index in [9.17, 15) is 9.59 Å². The van der Waals surface area contributed by atoms with Crippen molar-refractivity contribution in [2.75, 3.05) is 0 Å². The van der Waals surface area contributed by atoms with Gasteiger partial charge in [-0.3, -0.25) is 0 Å².